The molecule has 0 saturated carbocycles. The number of aromatic amines is 1. The van der Waals surface area contributed by atoms with Gasteiger partial charge in [0.1, 0.15) is 6.07 Å². The first kappa shape index (κ1) is 13.5. The number of aromatic nitrogens is 2. The molecule has 0 atom stereocenters. The molecule has 0 aliphatic rings. The molecule has 2 aromatic rings. The number of H-pyrrole nitrogens is 1. The van der Waals surface area contributed by atoms with Gasteiger partial charge >= 0.3 is 0 Å². The van der Waals surface area contributed by atoms with Crippen LogP contribution in [0.15, 0.2) is 35.6 Å². The minimum absolute atomic E-state index is 0.0102. The standard InChI is InChI=1S/C11H9ClN4O2S/c12-11-3-10(2-1-8(11)4-13)19(17,18)16-6-9-5-14-7-15-9/h1-3,5,7,16H,6H2,(H,14,15). The third-order valence-corrected chi connectivity index (χ3v) is 4.09. The number of benzene rings is 1. The van der Waals surface area contributed by atoms with Crippen LogP contribution in [-0.2, 0) is 16.6 Å². The van der Waals surface area contributed by atoms with Crippen molar-refractivity contribution < 1.29 is 8.42 Å². The third-order valence-electron chi connectivity index (χ3n) is 2.38. The number of nitrogens with zero attached hydrogens (tertiary/aromatic N) is 2. The van der Waals surface area contributed by atoms with Gasteiger partial charge < -0.3 is 4.98 Å². The summed E-state index contributed by atoms with van der Waals surface area (Å²) in [6, 6.07) is 5.81. The average molecular weight is 297 g/mol. The topological polar surface area (TPSA) is 98.6 Å². The summed E-state index contributed by atoms with van der Waals surface area (Å²) < 4.78 is 26.4. The Bertz CT molecular complexity index is 720. The summed E-state index contributed by atoms with van der Waals surface area (Å²) in [6.07, 6.45) is 2.98. The van der Waals surface area contributed by atoms with Crippen LogP contribution in [-0.4, -0.2) is 18.4 Å². The number of sulfonamides is 1. The lowest BCUT2D eigenvalue weighted by molar-refractivity contribution is 0.580. The van der Waals surface area contributed by atoms with Crippen molar-refractivity contribution in [3.8, 4) is 6.07 Å². The zero-order chi connectivity index (χ0) is 13.9. The molecule has 19 heavy (non-hydrogen) atoms. The van der Waals surface area contributed by atoms with Gasteiger partial charge in [-0.3, -0.25) is 0 Å². The van der Waals surface area contributed by atoms with Crippen molar-refractivity contribution in [2.75, 3.05) is 0 Å². The van der Waals surface area contributed by atoms with E-state index in [1.165, 1.54) is 30.7 Å². The number of imidazole rings is 1. The predicted molar refractivity (Wildman–Crippen MR) is 68.8 cm³/mol. The molecule has 1 heterocycles. The van der Waals surface area contributed by atoms with Gasteiger partial charge in [0, 0.05) is 11.9 Å². The Labute approximate surface area is 115 Å². The molecule has 1 aromatic carbocycles. The van der Waals surface area contributed by atoms with Gasteiger partial charge in [0.25, 0.3) is 0 Å². The monoisotopic (exact) mass is 296 g/mol. The van der Waals surface area contributed by atoms with Crippen molar-refractivity contribution >= 4 is 21.6 Å². The maximum atomic E-state index is 12.0. The molecule has 0 amide bonds. The number of hydrogen-bond acceptors (Lipinski definition) is 4. The summed E-state index contributed by atoms with van der Waals surface area (Å²) in [5, 5.41) is 8.83. The van der Waals surface area contributed by atoms with E-state index < -0.39 is 10.0 Å². The third kappa shape index (κ3) is 3.12. The van der Waals surface area contributed by atoms with Crippen LogP contribution < -0.4 is 4.72 Å². The molecule has 0 saturated heterocycles. The molecular weight excluding hydrogens is 288 g/mol. The molecule has 1 aromatic heterocycles. The van der Waals surface area contributed by atoms with Crippen molar-refractivity contribution in [1.29, 1.82) is 5.26 Å². The summed E-state index contributed by atoms with van der Waals surface area (Å²) in [5.41, 5.74) is 0.873. The number of halogens is 1. The number of nitriles is 1. The van der Waals surface area contributed by atoms with Crippen LogP contribution in [0, 0.1) is 11.3 Å². The number of nitrogens with one attached hydrogen (secondary N) is 2. The lowest BCUT2D eigenvalue weighted by Gasteiger charge is -2.06. The summed E-state index contributed by atoms with van der Waals surface area (Å²) >= 11 is 5.80. The van der Waals surface area contributed by atoms with Crippen molar-refractivity contribution in [1.82, 2.24) is 14.7 Å². The first-order valence-corrected chi connectivity index (χ1v) is 7.05. The van der Waals surface area contributed by atoms with Gasteiger partial charge in [-0.1, -0.05) is 11.6 Å². The predicted octanol–water partition coefficient (Wildman–Crippen LogP) is 1.41. The van der Waals surface area contributed by atoms with E-state index in [1.54, 1.807) is 0 Å². The first-order valence-electron chi connectivity index (χ1n) is 5.19. The highest BCUT2D eigenvalue weighted by molar-refractivity contribution is 7.89. The van der Waals surface area contributed by atoms with Gasteiger partial charge in [-0.2, -0.15) is 5.26 Å². The van der Waals surface area contributed by atoms with Crippen molar-refractivity contribution in [3.05, 3.63) is 47.0 Å². The Morgan fingerprint density at radius 1 is 1.47 bits per heavy atom. The lowest BCUT2D eigenvalue weighted by atomic mass is 10.2. The molecule has 0 unspecified atom stereocenters. The van der Waals surface area contributed by atoms with Gasteiger partial charge in [-0.25, -0.2) is 18.1 Å². The van der Waals surface area contributed by atoms with E-state index in [9.17, 15) is 8.42 Å². The molecule has 0 aliphatic carbocycles. The van der Waals surface area contributed by atoms with E-state index in [2.05, 4.69) is 14.7 Å². The normalized spacial score (nSPS) is 11.2. The quantitative estimate of drug-likeness (QED) is 0.891. The fourth-order valence-corrected chi connectivity index (χ4v) is 2.71. The van der Waals surface area contributed by atoms with Crippen LogP contribution in [0.5, 0.6) is 0 Å². The SMILES string of the molecule is N#Cc1ccc(S(=O)(=O)NCc2cnc[nH]2)cc1Cl. The number of hydrogen-bond donors (Lipinski definition) is 2. The Balaban J connectivity index is 2.20. The fourth-order valence-electron chi connectivity index (χ4n) is 1.39. The lowest BCUT2D eigenvalue weighted by Crippen LogP contribution is -2.23. The van der Waals surface area contributed by atoms with Crippen LogP contribution in [0.25, 0.3) is 0 Å². The van der Waals surface area contributed by atoms with E-state index in [0.29, 0.717) is 5.69 Å². The zero-order valence-corrected chi connectivity index (χ0v) is 11.2. The van der Waals surface area contributed by atoms with Crippen molar-refractivity contribution in [2.45, 2.75) is 11.4 Å². The van der Waals surface area contributed by atoms with Crippen LogP contribution in [0.3, 0.4) is 0 Å². The Kier molecular flexibility index (Phi) is 3.85. The van der Waals surface area contributed by atoms with Crippen LogP contribution in [0.4, 0.5) is 0 Å². The van der Waals surface area contributed by atoms with Gasteiger partial charge in [0.05, 0.1) is 28.4 Å². The van der Waals surface area contributed by atoms with E-state index in [-0.39, 0.29) is 22.0 Å². The maximum absolute atomic E-state index is 12.0. The summed E-state index contributed by atoms with van der Waals surface area (Å²) in [5.74, 6) is 0. The van der Waals surface area contributed by atoms with Crippen molar-refractivity contribution in [2.24, 2.45) is 0 Å². The minimum Gasteiger partial charge on any atom is -0.347 e. The zero-order valence-electron chi connectivity index (χ0n) is 9.59. The summed E-state index contributed by atoms with van der Waals surface area (Å²) in [4.78, 5) is 6.58. The molecule has 0 bridgehead atoms. The average Bonchev–Trinajstić information content (AvgIpc) is 2.89. The number of rotatable bonds is 4. The molecule has 0 aliphatic heterocycles. The van der Waals surface area contributed by atoms with Crippen molar-refractivity contribution in [3.63, 3.8) is 0 Å². The van der Waals surface area contributed by atoms with Crippen LogP contribution >= 0.6 is 11.6 Å². The van der Waals surface area contributed by atoms with Gasteiger partial charge in [0.15, 0.2) is 0 Å². The fraction of sp³-hybridized carbons (Fsp3) is 0.0909. The molecule has 0 radical (unpaired) electrons. The summed E-state index contributed by atoms with van der Waals surface area (Å²) in [6.45, 7) is 0.0972. The molecule has 0 fully saturated rings. The smallest absolute Gasteiger partial charge is 0.240 e. The highest BCUT2D eigenvalue weighted by Gasteiger charge is 2.15. The second-order valence-corrected chi connectivity index (χ2v) is 5.83. The van der Waals surface area contributed by atoms with E-state index >= 15 is 0 Å². The van der Waals surface area contributed by atoms with E-state index in [4.69, 9.17) is 16.9 Å². The Hall–Kier alpha value is -1.88. The molecule has 2 rings (SSSR count). The maximum Gasteiger partial charge on any atom is 0.240 e. The van der Waals surface area contributed by atoms with Gasteiger partial charge in [0.2, 0.25) is 10.0 Å². The highest BCUT2D eigenvalue weighted by atomic mass is 35.5. The second-order valence-electron chi connectivity index (χ2n) is 3.65. The summed E-state index contributed by atoms with van der Waals surface area (Å²) in [7, 11) is -3.68. The van der Waals surface area contributed by atoms with Crippen LogP contribution in [0.2, 0.25) is 5.02 Å². The molecule has 6 nitrogen and oxygen atoms in total. The first-order chi connectivity index (χ1) is 9.03. The Morgan fingerprint density at radius 3 is 2.84 bits per heavy atom. The second kappa shape index (κ2) is 5.40. The minimum atomic E-state index is -3.68. The van der Waals surface area contributed by atoms with Gasteiger partial charge in [-0.15, -0.1) is 0 Å². The molecule has 8 heteroatoms. The van der Waals surface area contributed by atoms with Crippen LogP contribution in [0.1, 0.15) is 11.3 Å². The molecular formula is C11H9ClN4O2S. The molecule has 98 valence electrons. The van der Waals surface area contributed by atoms with Gasteiger partial charge in [-0.05, 0) is 18.2 Å². The highest BCUT2D eigenvalue weighted by Crippen LogP contribution is 2.20. The largest absolute Gasteiger partial charge is 0.347 e. The Morgan fingerprint density at radius 2 is 2.26 bits per heavy atom. The molecule has 2 N–H and O–H groups in total. The van der Waals surface area contributed by atoms with E-state index in [0.717, 1.165) is 0 Å². The van der Waals surface area contributed by atoms with E-state index in [1.807, 2.05) is 6.07 Å². The molecule has 0 spiro atoms.